The first-order valence-electron chi connectivity index (χ1n) is 5.03. The Balaban J connectivity index is 3.17. The van der Waals surface area contributed by atoms with Crippen molar-refractivity contribution in [3.05, 3.63) is 49.1 Å². The van der Waals surface area contributed by atoms with Gasteiger partial charge in [0, 0.05) is 12.2 Å². The summed E-state index contributed by atoms with van der Waals surface area (Å²) in [6.45, 7) is 6.42. The summed E-state index contributed by atoms with van der Waals surface area (Å²) >= 11 is 0. The first-order chi connectivity index (χ1) is 8.97. The number of aromatic carboxylic acids is 1. The van der Waals surface area contributed by atoms with E-state index in [1.165, 1.54) is 12.1 Å². The van der Waals surface area contributed by atoms with Crippen LogP contribution >= 0.6 is 0 Å². The van der Waals surface area contributed by atoms with Gasteiger partial charge < -0.3 is 14.6 Å². The van der Waals surface area contributed by atoms with Crippen molar-refractivity contribution in [1.29, 1.82) is 0 Å². The normalized spacial score (nSPS) is 9.26. The van der Waals surface area contributed by atoms with Crippen LogP contribution in [0.25, 0.3) is 0 Å². The predicted octanol–water partition coefficient (Wildman–Crippen LogP) is 1.57. The molecule has 0 radical (unpaired) electrons. The fraction of sp³-hybridized carbons (Fsp3) is 0. The van der Waals surface area contributed by atoms with Crippen LogP contribution in [-0.4, -0.2) is 23.0 Å². The van der Waals surface area contributed by atoms with Crippen LogP contribution < -0.4 is 9.47 Å². The summed E-state index contributed by atoms with van der Waals surface area (Å²) in [5.74, 6) is -3.07. The summed E-state index contributed by atoms with van der Waals surface area (Å²) in [6, 6.07) is 3.48. The summed E-state index contributed by atoms with van der Waals surface area (Å²) in [4.78, 5) is 33.0. The van der Waals surface area contributed by atoms with E-state index in [2.05, 4.69) is 13.2 Å². The van der Waals surface area contributed by atoms with Crippen LogP contribution in [0.5, 0.6) is 11.5 Å². The molecule has 0 saturated heterocycles. The smallest absolute Gasteiger partial charge is 0.335 e. The maximum absolute atomic E-state index is 11.1. The Kier molecular flexibility index (Phi) is 4.59. The molecule has 6 heteroatoms. The Morgan fingerprint density at radius 3 is 2.00 bits per heavy atom. The number of carbonyl (C=O) groups excluding carboxylic acids is 2. The molecule has 0 aliphatic heterocycles. The summed E-state index contributed by atoms with van der Waals surface area (Å²) < 4.78 is 9.61. The highest BCUT2D eigenvalue weighted by molar-refractivity contribution is 5.90. The summed E-state index contributed by atoms with van der Waals surface area (Å²) in [5.41, 5.74) is -0.120. The fourth-order valence-electron chi connectivity index (χ4n) is 1.11. The molecule has 0 unspecified atom stereocenters. The second kappa shape index (κ2) is 6.15. The zero-order valence-electron chi connectivity index (χ0n) is 9.79. The molecule has 98 valence electrons. The fourth-order valence-corrected chi connectivity index (χ4v) is 1.11. The van der Waals surface area contributed by atoms with Crippen LogP contribution in [0.4, 0.5) is 0 Å². The second-order valence-electron chi connectivity index (χ2n) is 3.22. The van der Waals surface area contributed by atoms with Crippen LogP contribution in [0.2, 0.25) is 0 Å². The molecule has 0 aromatic heterocycles. The number of benzene rings is 1. The number of carboxylic acid groups (broad SMARTS) is 1. The third kappa shape index (κ3) is 3.81. The van der Waals surface area contributed by atoms with Crippen molar-refractivity contribution < 1.29 is 29.0 Å². The van der Waals surface area contributed by atoms with Crippen LogP contribution in [0.15, 0.2) is 43.5 Å². The van der Waals surface area contributed by atoms with E-state index in [0.717, 1.165) is 18.2 Å². The van der Waals surface area contributed by atoms with Gasteiger partial charge in [0.1, 0.15) is 0 Å². The lowest BCUT2D eigenvalue weighted by Gasteiger charge is -2.09. The Bertz CT molecular complexity index is 558. The maximum atomic E-state index is 11.1. The summed E-state index contributed by atoms with van der Waals surface area (Å²) in [7, 11) is 0. The van der Waals surface area contributed by atoms with Crippen molar-refractivity contribution in [3.8, 4) is 11.5 Å². The molecular weight excluding hydrogens is 252 g/mol. The third-order valence-corrected chi connectivity index (χ3v) is 1.95. The van der Waals surface area contributed by atoms with Gasteiger partial charge in [-0.3, -0.25) is 0 Å². The van der Waals surface area contributed by atoms with Gasteiger partial charge >= 0.3 is 17.9 Å². The molecule has 0 atom stereocenters. The van der Waals surface area contributed by atoms with Gasteiger partial charge in [-0.15, -0.1) is 0 Å². The average Bonchev–Trinajstić information content (AvgIpc) is 2.39. The summed E-state index contributed by atoms with van der Waals surface area (Å²) in [6.07, 6.45) is 1.82. The van der Waals surface area contributed by atoms with Crippen molar-refractivity contribution in [2.24, 2.45) is 0 Å². The lowest BCUT2D eigenvalue weighted by Crippen LogP contribution is -2.09. The van der Waals surface area contributed by atoms with Gasteiger partial charge in [-0.25, -0.2) is 14.4 Å². The standard InChI is InChI=1S/C13H10O6/c1-3-11(14)18-9-6-5-8(13(16)17)7-10(9)19-12(15)4-2/h3-7H,1-2H2,(H,16,17). The minimum Gasteiger partial charge on any atom is -0.478 e. The van der Waals surface area contributed by atoms with E-state index in [-0.39, 0.29) is 17.1 Å². The second-order valence-corrected chi connectivity index (χ2v) is 3.22. The van der Waals surface area contributed by atoms with Gasteiger partial charge in [-0.05, 0) is 18.2 Å². The monoisotopic (exact) mass is 262 g/mol. The Morgan fingerprint density at radius 1 is 1.00 bits per heavy atom. The van der Waals surface area contributed by atoms with Gasteiger partial charge in [-0.2, -0.15) is 0 Å². The molecule has 6 nitrogen and oxygen atoms in total. The van der Waals surface area contributed by atoms with Crippen LogP contribution in [0.3, 0.4) is 0 Å². The highest BCUT2D eigenvalue weighted by Crippen LogP contribution is 2.29. The lowest BCUT2D eigenvalue weighted by molar-refractivity contribution is -0.131. The molecule has 0 fully saturated rings. The SMILES string of the molecule is C=CC(=O)Oc1ccc(C(=O)O)cc1OC(=O)C=C. The van der Waals surface area contributed by atoms with E-state index < -0.39 is 17.9 Å². The molecule has 0 aliphatic carbocycles. The van der Waals surface area contributed by atoms with Crippen molar-refractivity contribution in [1.82, 2.24) is 0 Å². The number of esters is 2. The predicted molar refractivity (Wildman–Crippen MR) is 65.1 cm³/mol. The largest absolute Gasteiger partial charge is 0.478 e. The Morgan fingerprint density at radius 2 is 1.53 bits per heavy atom. The first-order valence-corrected chi connectivity index (χ1v) is 5.03. The molecule has 1 N–H and O–H groups in total. The molecule has 1 aromatic carbocycles. The highest BCUT2D eigenvalue weighted by atomic mass is 16.6. The van der Waals surface area contributed by atoms with E-state index >= 15 is 0 Å². The number of hydrogen-bond donors (Lipinski definition) is 1. The molecular formula is C13H10O6. The van der Waals surface area contributed by atoms with Crippen LogP contribution in [-0.2, 0) is 9.59 Å². The van der Waals surface area contributed by atoms with E-state index in [1.54, 1.807) is 0 Å². The maximum Gasteiger partial charge on any atom is 0.335 e. The molecule has 19 heavy (non-hydrogen) atoms. The van der Waals surface area contributed by atoms with Gasteiger partial charge in [0.25, 0.3) is 0 Å². The van der Waals surface area contributed by atoms with Crippen molar-refractivity contribution in [2.45, 2.75) is 0 Å². The molecule has 1 aromatic rings. The average molecular weight is 262 g/mol. The molecule has 0 heterocycles. The topological polar surface area (TPSA) is 89.9 Å². The zero-order valence-corrected chi connectivity index (χ0v) is 9.79. The van der Waals surface area contributed by atoms with Crippen LogP contribution in [0, 0.1) is 0 Å². The Hall–Kier alpha value is -2.89. The lowest BCUT2D eigenvalue weighted by atomic mass is 10.2. The molecule has 0 bridgehead atoms. The van der Waals surface area contributed by atoms with Gasteiger partial charge in [0.2, 0.25) is 0 Å². The van der Waals surface area contributed by atoms with Crippen molar-refractivity contribution >= 4 is 17.9 Å². The first kappa shape index (κ1) is 14.2. The number of carboxylic acids is 1. The minimum atomic E-state index is -1.21. The molecule has 0 spiro atoms. The number of ether oxygens (including phenoxy) is 2. The Labute approximate surface area is 108 Å². The number of carbonyl (C=O) groups is 3. The third-order valence-electron chi connectivity index (χ3n) is 1.95. The van der Waals surface area contributed by atoms with E-state index in [0.29, 0.717) is 0 Å². The molecule has 0 saturated carbocycles. The number of hydrogen-bond acceptors (Lipinski definition) is 5. The minimum absolute atomic E-state index is 0.0925. The highest BCUT2D eigenvalue weighted by Gasteiger charge is 2.14. The van der Waals surface area contributed by atoms with Crippen molar-refractivity contribution in [3.63, 3.8) is 0 Å². The quantitative estimate of drug-likeness (QED) is 0.492. The van der Waals surface area contributed by atoms with Gasteiger partial charge in [0.15, 0.2) is 11.5 Å². The number of rotatable bonds is 5. The van der Waals surface area contributed by atoms with E-state index in [4.69, 9.17) is 14.6 Å². The summed E-state index contributed by atoms with van der Waals surface area (Å²) in [5, 5.41) is 8.83. The van der Waals surface area contributed by atoms with E-state index in [9.17, 15) is 14.4 Å². The zero-order chi connectivity index (χ0) is 14.4. The van der Waals surface area contributed by atoms with Gasteiger partial charge in [0.05, 0.1) is 5.56 Å². The van der Waals surface area contributed by atoms with Crippen LogP contribution in [0.1, 0.15) is 10.4 Å². The molecule has 1 rings (SSSR count). The molecule has 0 amide bonds. The van der Waals surface area contributed by atoms with Crippen molar-refractivity contribution in [2.75, 3.05) is 0 Å². The van der Waals surface area contributed by atoms with Gasteiger partial charge in [-0.1, -0.05) is 13.2 Å². The van der Waals surface area contributed by atoms with E-state index in [1.807, 2.05) is 0 Å². The molecule has 0 aliphatic rings.